The first-order valence-electron chi connectivity index (χ1n) is 9.79. The zero-order valence-corrected chi connectivity index (χ0v) is 17.5. The number of carbonyl (C=O) groups excluding carboxylic acids is 1. The highest BCUT2D eigenvalue weighted by atomic mass is 32.1. The number of amides is 1. The Hall–Kier alpha value is -3.42. The molecule has 0 aromatic carbocycles. The minimum atomic E-state index is -0.331. The van der Waals surface area contributed by atoms with Gasteiger partial charge in [0.1, 0.15) is 17.0 Å². The number of nitrogens with zero attached hydrogens (tertiary/aromatic N) is 4. The molecule has 0 atom stereocenters. The Bertz CT molecular complexity index is 1280. The molecule has 2 aliphatic heterocycles. The number of fused-ring (bicyclic) bond motifs is 2. The molecule has 3 aromatic rings. The molecule has 158 valence electrons. The van der Waals surface area contributed by atoms with Crippen molar-refractivity contribution in [3.8, 4) is 29.0 Å². The fourth-order valence-electron chi connectivity index (χ4n) is 3.58. The van der Waals surface area contributed by atoms with Crippen LogP contribution in [0.4, 0.5) is 11.6 Å². The summed E-state index contributed by atoms with van der Waals surface area (Å²) in [5, 5.41) is 10.2. The number of anilines is 2. The third-order valence-corrected chi connectivity index (χ3v) is 6.07. The summed E-state index contributed by atoms with van der Waals surface area (Å²) in [5.41, 5.74) is 1.97. The Morgan fingerprint density at radius 3 is 2.81 bits per heavy atom. The molecule has 9 nitrogen and oxygen atoms in total. The Morgan fingerprint density at radius 2 is 2.00 bits per heavy atom. The van der Waals surface area contributed by atoms with Gasteiger partial charge >= 0.3 is 5.91 Å². The molecule has 0 aliphatic carbocycles. The minimum absolute atomic E-state index is 0.108. The number of ether oxygens (including phenoxy) is 2. The highest BCUT2D eigenvalue weighted by Gasteiger charge is 2.26. The maximum atomic E-state index is 12.7. The molecule has 10 heteroatoms. The van der Waals surface area contributed by atoms with E-state index in [-0.39, 0.29) is 17.2 Å². The smallest absolute Gasteiger partial charge is 0.303 e. The van der Waals surface area contributed by atoms with Gasteiger partial charge in [0.2, 0.25) is 5.43 Å². The van der Waals surface area contributed by atoms with Gasteiger partial charge in [-0.05, 0) is 18.9 Å². The van der Waals surface area contributed by atoms with Gasteiger partial charge in [-0.1, -0.05) is 5.92 Å². The van der Waals surface area contributed by atoms with Crippen LogP contribution < -0.4 is 20.0 Å². The van der Waals surface area contributed by atoms with Crippen LogP contribution in [0.2, 0.25) is 0 Å². The molecular formula is C21H18N4O5S. The predicted molar refractivity (Wildman–Crippen MR) is 116 cm³/mol. The van der Waals surface area contributed by atoms with E-state index < -0.39 is 0 Å². The lowest BCUT2D eigenvalue weighted by molar-refractivity contribution is -0.113. The summed E-state index contributed by atoms with van der Waals surface area (Å²) >= 11 is 1.29. The molecule has 0 bridgehead atoms. The average molecular weight is 438 g/mol. The molecule has 0 unspecified atom stereocenters. The van der Waals surface area contributed by atoms with Crippen LogP contribution in [0.25, 0.3) is 21.5 Å². The van der Waals surface area contributed by atoms with Crippen LogP contribution in [-0.4, -0.2) is 55.6 Å². The number of morpholine rings is 1. The van der Waals surface area contributed by atoms with E-state index in [9.17, 15) is 9.59 Å². The number of hydrogen-bond acceptors (Lipinski definition) is 9. The van der Waals surface area contributed by atoms with Crippen LogP contribution in [0.15, 0.2) is 26.7 Å². The van der Waals surface area contributed by atoms with Crippen molar-refractivity contribution in [2.45, 2.75) is 6.92 Å². The normalized spacial score (nSPS) is 15.8. The molecule has 1 fully saturated rings. The van der Waals surface area contributed by atoms with Gasteiger partial charge in [-0.25, -0.2) is 0 Å². The van der Waals surface area contributed by atoms with E-state index in [0.717, 1.165) is 0 Å². The summed E-state index contributed by atoms with van der Waals surface area (Å²) in [4.78, 5) is 28.6. The third kappa shape index (κ3) is 3.52. The van der Waals surface area contributed by atoms with Crippen molar-refractivity contribution < 1.29 is 18.7 Å². The first kappa shape index (κ1) is 19.5. The van der Waals surface area contributed by atoms with Crippen molar-refractivity contribution in [2.24, 2.45) is 0 Å². The highest BCUT2D eigenvalue weighted by Crippen LogP contribution is 2.37. The average Bonchev–Trinajstić information content (AvgIpc) is 3.24. The van der Waals surface area contributed by atoms with Crippen LogP contribution in [-0.2, 0) is 9.53 Å². The van der Waals surface area contributed by atoms with Crippen LogP contribution >= 0.6 is 11.3 Å². The summed E-state index contributed by atoms with van der Waals surface area (Å²) in [6, 6.07) is 3.24. The van der Waals surface area contributed by atoms with Crippen molar-refractivity contribution in [2.75, 3.05) is 49.3 Å². The zero-order chi connectivity index (χ0) is 21.4. The molecule has 1 amide bonds. The first-order chi connectivity index (χ1) is 15.2. The van der Waals surface area contributed by atoms with Crippen LogP contribution in [0.5, 0.6) is 5.88 Å². The molecule has 0 spiro atoms. The van der Waals surface area contributed by atoms with Gasteiger partial charge in [-0.3, -0.25) is 14.5 Å². The van der Waals surface area contributed by atoms with Gasteiger partial charge in [-0.15, -0.1) is 21.5 Å². The highest BCUT2D eigenvalue weighted by molar-refractivity contribution is 7.17. The van der Waals surface area contributed by atoms with E-state index in [1.807, 2.05) is 10.3 Å². The van der Waals surface area contributed by atoms with E-state index in [1.54, 1.807) is 13.0 Å². The lowest BCUT2D eigenvalue weighted by Crippen LogP contribution is -2.37. The minimum Gasteiger partial charge on any atom is -0.473 e. The van der Waals surface area contributed by atoms with Crippen molar-refractivity contribution in [3.05, 3.63) is 27.7 Å². The monoisotopic (exact) mass is 438 g/mol. The summed E-state index contributed by atoms with van der Waals surface area (Å²) in [5.74, 6) is 5.62. The van der Waals surface area contributed by atoms with Gasteiger partial charge < -0.3 is 18.8 Å². The molecule has 31 heavy (non-hydrogen) atoms. The zero-order valence-electron chi connectivity index (χ0n) is 16.7. The Labute approximate surface area is 181 Å². The summed E-state index contributed by atoms with van der Waals surface area (Å²) < 4.78 is 17.6. The number of aromatic nitrogens is 2. The van der Waals surface area contributed by atoms with Crippen molar-refractivity contribution in [1.29, 1.82) is 0 Å². The lowest BCUT2D eigenvalue weighted by atomic mass is 10.2. The van der Waals surface area contributed by atoms with Crippen LogP contribution in [0.1, 0.15) is 6.92 Å². The fraction of sp³-hybridized carbons (Fsp3) is 0.333. The van der Waals surface area contributed by atoms with Gasteiger partial charge in [0, 0.05) is 24.5 Å². The quantitative estimate of drug-likeness (QED) is 0.560. The Morgan fingerprint density at radius 1 is 1.16 bits per heavy atom. The number of carbonyl (C=O) groups is 1. The van der Waals surface area contributed by atoms with Crippen LogP contribution in [0.3, 0.4) is 0 Å². The molecule has 2 aliphatic rings. The first-order valence-corrected chi connectivity index (χ1v) is 10.7. The van der Waals surface area contributed by atoms with Gasteiger partial charge in [0.05, 0.1) is 31.0 Å². The summed E-state index contributed by atoms with van der Waals surface area (Å²) in [6.45, 7) is 4.77. The topological polar surface area (TPSA) is 98.0 Å². The largest absolute Gasteiger partial charge is 0.473 e. The number of hydrogen-bond donors (Lipinski definition) is 0. The van der Waals surface area contributed by atoms with E-state index in [1.165, 1.54) is 22.3 Å². The van der Waals surface area contributed by atoms with E-state index >= 15 is 0 Å². The second-order valence-electron chi connectivity index (χ2n) is 6.96. The summed E-state index contributed by atoms with van der Waals surface area (Å²) in [6.07, 6.45) is 0. The van der Waals surface area contributed by atoms with Crippen molar-refractivity contribution >= 4 is 39.1 Å². The van der Waals surface area contributed by atoms with E-state index in [0.29, 0.717) is 72.6 Å². The van der Waals surface area contributed by atoms with Crippen molar-refractivity contribution in [1.82, 2.24) is 10.2 Å². The molecule has 1 saturated heterocycles. The van der Waals surface area contributed by atoms with Gasteiger partial charge in [0.15, 0.2) is 11.5 Å². The maximum Gasteiger partial charge on any atom is 0.303 e. The predicted octanol–water partition coefficient (Wildman–Crippen LogP) is 1.90. The molecule has 0 saturated carbocycles. The SMILES string of the molecule is CC#CC(=O)N1CCOc2nnc(-c3csc4c(=O)cc(N5CCOCC5)oc34)cc21. The number of thiophene rings is 1. The van der Waals surface area contributed by atoms with E-state index in [2.05, 4.69) is 22.0 Å². The molecule has 5 rings (SSSR count). The third-order valence-electron chi connectivity index (χ3n) is 5.09. The fourth-order valence-corrected chi connectivity index (χ4v) is 4.48. The van der Waals surface area contributed by atoms with Crippen LogP contribution in [0, 0.1) is 11.8 Å². The standard InChI is InChI=1S/C21H18N4O5S/c1-2-3-17(27)25-6-9-29-21-15(25)10-14(22-23-21)13-12-31-20-16(26)11-18(30-19(13)20)24-4-7-28-8-5-24/h10-12H,4-9H2,1H3. The maximum absolute atomic E-state index is 12.7. The van der Waals surface area contributed by atoms with E-state index in [4.69, 9.17) is 13.9 Å². The Balaban J connectivity index is 1.60. The molecule has 3 aromatic heterocycles. The lowest BCUT2D eigenvalue weighted by Gasteiger charge is -2.27. The number of rotatable bonds is 2. The molecule has 0 N–H and O–H groups in total. The van der Waals surface area contributed by atoms with Gasteiger partial charge in [0.25, 0.3) is 5.88 Å². The van der Waals surface area contributed by atoms with Gasteiger partial charge in [-0.2, -0.15) is 0 Å². The Kier molecular flexibility index (Phi) is 5.05. The second kappa shape index (κ2) is 8.02. The molecule has 0 radical (unpaired) electrons. The molecule has 5 heterocycles. The second-order valence-corrected chi connectivity index (χ2v) is 7.84. The molecular weight excluding hydrogens is 420 g/mol. The van der Waals surface area contributed by atoms with Crippen molar-refractivity contribution in [3.63, 3.8) is 0 Å². The summed E-state index contributed by atoms with van der Waals surface area (Å²) in [7, 11) is 0.